The smallest absolute Gasteiger partial charge is 0.271 e. The number of nitrogens with one attached hydrogen (secondary N) is 1. The molecule has 6 heteroatoms. The van der Waals surface area contributed by atoms with Gasteiger partial charge in [-0.05, 0) is 48.9 Å². The number of ether oxygens (including phenoxy) is 1. The van der Waals surface area contributed by atoms with E-state index in [4.69, 9.17) is 9.15 Å². The second-order valence-corrected chi connectivity index (χ2v) is 7.01. The first-order chi connectivity index (χ1) is 15.1. The summed E-state index contributed by atoms with van der Waals surface area (Å²) in [6, 6.07) is 21.8. The first-order valence-electron chi connectivity index (χ1n) is 9.72. The minimum absolute atomic E-state index is 0.213. The third-order valence-electron chi connectivity index (χ3n) is 4.72. The van der Waals surface area contributed by atoms with Crippen molar-refractivity contribution < 1.29 is 13.9 Å². The minimum Gasteiger partial charge on any atom is -0.489 e. The Balaban J connectivity index is 1.36. The van der Waals surface area contributed by atoms with Gasteiger partial charge in [-0.1, -0.05) is 42.0 Å². The van der Waals surface area contributed by atoms with Crippen LogP contribution in [0.5, 0.6) is 5.75 Å². The van der Waals surface area contributed by atoms with E-state index in [1.54, 1.807) is 48.5 Å². The van der Waals surface area contributed by atoms with Crippen molar-refractivity contribution in [3.8, 4) is 5.75 Å². The summed E-state index contributed by atoms with van der Waals surface area (Å²) in [4.78, 5) is 24.7. The largest absolute Gasteiger partial charge is 0.489 e. The molecular formula is C25H20N2O4. The fourth-order valence-electron chi connectivity index (χ4n) is 2.96. The molecule has 3 aromatic carbocycles. The maximum atomic E-state index is 12.4. The van der Waals surface area contributed by atoms with Crippen molar-refractivity contribution in [2.75, 3.05) is 0 Å². The molecule has 0 saturated carbocycles. The predicted molar refractivity (Wildman–Crippen MR) is 119 cm³/mol. The van der Waals surface area contributed by atoms with Gasteiger partial charge in [0, 0.05) is 5.56 Å². The number of fused-ring (bicyclic) bond motifs is 1. The zero-order valence-corrected chi connectivity index (χ0v) is 16.9. The Labute approximate surface area is 178 Å². The molecule has 0 spiro atoms. The Morgan fingerprint density at radius 2 is 1.77 bits per heavy atom. The Morgan fingerprint density at radius 1 is 1.03 bits per heavy atom. The number of hydrazone groups is 1. The summed E-state index contributed by atoms with van der Waals surface area (Å²) in [5.74, 6) is 0.265. The molecule has 0 saturated heterocycles. The highest BCUT2D eigenvalue weighted by molar-refractivity contribution is 5.95. The number of amides is 1. The number of nitrogens with zero attached hydrogens (tertiary/aromatic N) is 1. The predicted octanol–water partition coefficient (Wildman–Crippen LogP) is 4.44. The van der Waals surface area contributed by atoms with E-state index >= 15 is 0 Å². The lowest BCUT2D eigenvalue weighted by molar-refractivity contribution is 0.0955. The van der Waals surface area contributed by atoms with Crippen LogP contribution in [-0.4, -0.2) is 12.1 Å². The van der Waals surface area contributed by atoms with Crippen LogP contribution >= 0.6 is 0 Å². The SMILES string of the molecule is Cc1ccc(COc2ccc(C(=O)NN=Cc3coc4ccccc4c3=O)cc2)cc1. The Bertz CT molecular complexity index is 1290. The van der Waals surface area contributed by atoms with Crippen molar-refractivity contribution in [3.63, 3.8) is 0 Å². The van der Waals surface area contributed by atoms with Crippen LogP contribution in [-0.2, 0) is 6.61 Å². The van der Waals surface area contributed by atoms with Gasteiger partial charge in [0.05, 0.1) is 17.2 Å². The molecule has 1 aromatic heterocycles. The summed E-state index contributed by atoms with van der Waals surface area (Å²) in [6.45, 7) is 2.49. The number of carbonyl (C=O) groups is 1. The Hall–Kier alpha value is -4.19. The summed E-state index contributed by atoms with van der Waals surface area (Å²) in [7, 11) is 0. The number of para-hydroxylation sites is 1. The van der Waals surface area contributed by atoms with E-state index in [1.807, 2.05) is 31.2 Å². The van der Waals surface area contributed by atoms with Crippen molar-refractivity contribution in [2.24, 2.45) is 5.10 Å². The van der Waals surface area contributed by atoms with Crippen LogP contribution in [0.2, 0.25) is 0 Å². The highest BCUT2D eigenvalue weighted by Gasteiger charge is 2.07. The highest BCUT2D eigenvalue weighted by atomic mass is 16.5. The zero-order valence-electron chi connectivity index (χ0n) is 16.9. The summed E-state index contributed by atoms with van der Waals surface area (Å²) >= 11 is 0. The second kappa shape index (κ2) is 9.09. The van der Waals surface area contributed by atoms with Gasteiger partial charge in [-0.3, -0.25) is 9.59 Å². The van der Waals surface area contributed by atoms with Crippen molar-refractivity contribution in [2.45, 2.75) is 13.5 Å². The summed E-state index contributed by atoms with van der Waals surface area (Å²) in [6.07, 6.45) is 2.59. The summed E-state index contributed by atoms with van der Waals surface area (Å²) in [5.41, 5.74) is 5.64. The molecule has 4 rings (SSSR count). The highest BCUT2D eigenvalue weighted by Crippen LogP contribution is 2.15. The van der Waals surface area contributed by atoms with Crippen LogP contribution in [0, 0.1) is 6.92 Å². The lowest BCUT2D eigenvalue weighted by Gasteiger charge is -2.07. The van der Waals surface area contributed by atoms with Crippen LogP contribution in [0.1, 0.15) is 27.0 Å². The number of hydrogen-bond acceptors (Lipinski definition) is 5. The lowest BCUT2D eigenvalue weighted by atomic mass is 10.2. The number of hydrogen-bond donors (Lipinski definition) is 1. The maximum absolute atomic E-state index is 12.4. The monoisotopic (exact) mass is 412 g/mol. The molecule has 1 N–H and O–H groups in total. The number of aryl methyl sites for hydroxylation is 1. The molecule has 0 aliphatic carbocycles. The van der Waals surface area contributed by atoms with Gasteiger partial charge in [0.2, 0.25) is 5.43 Å². The molecule has 1 heterocycles. The van der Waals surface area contributed by atoms with E-state index in [-0.39, 0.29) is 11.0 Å². The Morgan fingerprint density at radius 3 is 2.55 bits per heavy atom. The van der Waals surface area contributed by atoms with Crippen LogP contribution in [0.3, 0.4) is 0 Å². The van der Waals surface area contributed by atoms with Crippen molar-refractivity contribution in [3.05, 3.63) is 112 Å². The number of rotatable bonds is 6. The van der Waals surface area contributed by atoms with Crippen LogP contribution in [0.4, 0.5) is 0 Å². The molecule has 0 aliphatic rings. The van der Waals surface area contributed by atoms with Gasteiger partial charge < -0.3 is 9.15 Å². The lowest BCUT2D eigenvalue weighted by Crippen LogP contribution is -2.18. The van der Waals surface area contributed by atoms with Crippen LogP contribution in [0.15, 0.2) is 93.4 Å². The van der Waals surface area contributed by atoms with Gasteiger partial charge in [0.15, 0.2) is 0 Å². The Kier molecular flexibility index (Phi) is 5.89. The number of carbonyl (C=O) groups excluding carboxylic acids is 1. The van der Waals surface area contributed by atoms with Crippen molar-refractivity contribution in [1.29, 1.82) is 0 Å². The average molecular weight is 412 g/mol. The van der Waals surface area contributed by atoms with E-state index in [1.165, 1.54) is 18.0 Å². The molecule has 0 bridgehead atoms. The number of benzene rings is 3. The molecule has 0 unspecified atom stereocenters. The third kappa shape index (κ3) is 4.87. The van der Waals surface area contributed by atoms with Gasteiger partial charge in [-0.25, -0.2) is 5.43 Å². The first-order valence-corrected chi connectivity index (χ1v) is 9.72. The molecule has 1 amide bonds. The quantitative estimate of drug-likeness (QED) is 0.375. The van der Waals surface area contributed by atoms with Gasteiger partial charge >= 0.3 is 0 Å². The van der Waals surface area contributed by atoms with E-state index in [9.17, 15) is 9.59 Å². The van der Waals surface area contributed by atoms with Crippen molar-refractivity contribution in [1.82, 2.24) is 5.43 Å². The van der Waals surface area contributed by atoms with Gasteiger partial charge in [-0.15, -0.1) is 0 Å². The maximum Gasteiger partial charge on any atom is 0.271 e. The second-order valence-electron chi connectivity index (χ2n) is 7.01. The first kappa shape index (κ1) is 20.1. The fourth-order valence-corrected chi connectivity index (χ4v) is 2.96. The standard InChI is InChI=1S/C25H20N2O4/c1-17-6-8-18(9-7-17)15-30-21-12-10-19(11-13-21)25(29)27-26-14-20-16-31-23-5-3-2-4-22(23)24(20)28/h2-14,16H,15H2,1H3,(H,27,29). The molecule has 0 fully saturated rings. The van der Waals surface area contributed by atoms with E-state index < -0.39 is 5.91 Å². The molecule has 31 heavy (non-hydrogen) atoms. The van der Waals surface area contributed by atoms with E-state index in [2.05, 4.69) is 10.5 Å². The van der Waals surface area contributed by atoms with E-state index in [0.29, 0.717) is 28.9 Å². The fraction of sp³-hybridized carbons (Fsp3) is 0.0800. The molecule has 0 atom stereocenters. The topological polar surface area (TPSA) is 80.9 Å². The van der Waals surface area contributed by atoms with Gasteiger partial charge in [0.1, 0.15) is 24.2 Å². The average Bonchev–Trinajstić information content (AvgIpc) is 2.80. The van der Waals surface area contributed by atoms with Crippen LogP contribution < -0.4 is 15.6 Å². The normalized spacial score (nSPS) is 11.0. The molecule has 0 radical (unpaired) electrons. The summed E-state index contributed by atoms with van der Waals surface area (Å²) in [5, 5.41) is 4.33. The molecule has 6 nitrogen and oxygen atoms in total. The van der Waals surface area contributed by atoms with Gasteiger partial charge in [-0.2, -0.15) is 5.10 Å². The zero-order chi connectivity index (χ0) is 21.6. The minimum atomic E-state index is -0.397. The molecule has 154 valence electrons. The van der Waals surface area contributed by atoms with Gasteiger partial charge in [0.25, 0.3) is 5.91 Å². The van der Waals surface area contributed by atoms with Crippen molar-refractivity contribution >= 4 is 23.1 Å². The molecule has 0 aliphatic heterocycles. The molecular weight excluding hydrogens is 392 g/mol. The summed E-state index contributed by atoms with van der Waals surface area (Å²) < 4.78 is 11.2. The van der Waals surface area contributed by atoms with E-state index in [0.717, 1.165) is 5.56 Å². The molecule has 4 aromatic rings. The third-order valence-corrected chi connectivity index (χ3v) is 4.72. The van der Waals surface area contributed by atoms with Crippen LogP contribution in [0.25, 0.3) is 11.0 Å².